The zero-order valence-corrected chi connectivity index (χ0v) is 11.0. The highest BCUT2D eigenvalue weighted by atomic mass is 32.1. The van der Waals surface area contributed by atoms with Crippen molar-refractivity contribution in [1.29, 1.82) is 0 Å². The first-order chi connectivity index (χ1) is 7.67. The summed E-state index contributed by atoms with van der Waals surface area (Å²) < 4.78 is 0. The predicted molar refractivity (Wildman–Crippen MR) is 69.4 cm³/mol. The Morgan fingerprint density at radius 3 is 2.94 bits per heavy atom. The van der Waals surface area contributed by atoms with Gasteiger partial charge in [-0.2, -0.15) is 0 Å². The van der Waals surface area contributed by atoms with Gasteiger partial charge in [-0.1, -0.05) is 13.3 Å². The van der Waals surface area contributed by atoms with Gasteiger partial charge >= 0.3 is 0 Å². The van der Waals surface area contributed by atoms with Gasteiger partial charge in [0.25, 0.3) is 5.91 Å². The molecule has 1 unspecified atom stereocenters. The first-order valence-electron chi connectivity index (χ1n) is 5.34. The van der Waals surface area contributed by atoms with Crippen LogP contribution in [-0.2, 0) is 0 Å². The van der Waals surface area contributed by atoms with Crippen molar-refractivity contribution in [1.82, 2.24) is 5.32 Å². The standard InChI is InChI=1S/C11H17NO2S2/c1-2-8(3-4-13)6-12-11(14)10-5-9(15)7-16-10/h5,7-8,13,15H,2-4,6H2,1H3,(H,12,14). The largest absolute Gasteiger partial charge is 0.396 e. The molecular formula is C11H17NO2S2. The molecule has 1 aromatic heterocycles. The fourth-order valence-corrected chi connectivity index (χ4v) is 2.47. The first kappa shape index (κ1) is 13.5. The molecule has 5 heteroatoms. The van der Waals surface area contributed by atoms with E-state index in [1.807, 2.05) is 5.38 Å². The van der Waals surface area contributed by atoms with Gasteiger partial charge in [-0.05, 0) is 18.4 Å². The lowest BCUT2D eigenvalue weighted by atomic mass is 10.0. The number of aliphatic hydroxyl groups is 1. The Morgan fingerprint density at radius 1 is 1.69 bits per heavy atom. The second kappa shape index (κ2) is 6.93. The van der Waals surface area contributed by atoms with Crippen LogP contribution in [0.2, 0.25) is 0 Å². The third-order valence-corrected chi connectivity index (χ3v) is 3.84. The zero-order chi connectivity index (χ0) is 12.0. The van der Waals surface area contributed by atoms with Crippen molar-refractivity contribution in [2.75, 3.05) is 13.2 Å². The molecule has 0 aliphatic carbocycles. The number of carbonyl (C=O) groups is 1. The fraction of sp³-hybridized carbons (Fsp3) is 0.545. The van der Waals surface area contributed by atoms with E-state index in [1.165, 1.54) is 11.3 Å². The summed E-state index contributed by atoms with van der Waals surface area (Å²) in [5.41, 5.74) is 0. The van der Waals surface area contributed by atoms with Crippen LogP contribution in [-0.4, -0.2) is 24.2 Å². The molecule has 0 aliphatic rings. The molecule has 1 amide bonds. The van der Waals surface area contributed by atoms with Crippen molar-refractivity contribution >= 4 is 29.9 Å². The average molecular weight is 259 g/mol. The molecule has 1 aromatic rings. The van der Waals surface area contributed by atoms with Crippen LogP contribution in [0, 0.1) is 5.92 Å². The van der Waals surface area contributed by atoms with Crippen LogP contribution < -0.4 is 5.32 Å². The number of thiol groups is 1. The minimum atomic E-state index is -0.0540. The molecule has 1 atom stereocenters. The average Bonchev–Trinajstić information content (AvgIpc) is 2.70. The second-order valence-corrected chi connectivity index (χ2v) is 5.09. The van der Waals surface area contributed by atoms with Gasteiger partial charge < -0.3 is 10.4 Å². The Labute approximate surface area is 105 Å². The molecule has 0 aliphatic heterocycles. The molecule has 2 N–H and O–H groups in total. The van der Waals surface area contributed by atoms with E-state index in [1.54, 1.807) is 6.07 Å². The van der Waals surface area contributed by atoms with Gasteiger partial charge in [0.05, 0.1) is 4.88 Å². The molecule has 0 radical (unpaired) electrons. The summed E-state index contributed by atoms with van der Waals surface area (Å²) in [7, 11) is 0. The van der Waals surface area contributed by atoms with Gasteiger partial charge in [-0.15, -0.1) is 24.0 Å². The van der Waals surface area contributed by atoms with Crippen molar-refractivity contribution in [3.63, 3.8) is 0 Å². The number of carbonyl (C=O) groups excluding carboxylic acids is 1. The normalized spacial score (nSPS) is 12.4. The van der Waals surface area contributed by atoms with Crippen molar-refractivity contribution in [2.24, 2.45) is 5.92 Å². The Balaban J connectivity index is 2.40. The fourth-order valence-electron chi connectivity index (χ4n) is 1.40. The van der Waals surface area contributed by atoms with Gasteiger partial charge in [0, 0.05) is 23.4 Å². The van der Waals surface area contributed by atoms with Crippen LogP contribution in [0.25, 0.3) is 0 Å². The van der Waals surface area contributed by atoms with E-state index in [2.05, 4.69) is 24.9 Å². The Bertz CT molecular complexity index is 338. The topological polar surface area (TPSA) is 49.3 Å². The van der Waals surface area contributed by atoms with Crippen LogP contribution in [0.3, 0.4) is 0 Å². The van der Waals surface area contributed by atoms with E-state index in [9.17, 15) is 4.79 Å². The predicted octanol–water partition coefficient (Wildman–Crippen LogP) is 2.18. The third-order valence-electron chi connectivity index (χ3n) is 2.48. The lowest BCUT2D eigenvalue weighted by molar-refractivity contribution is 0.0947. The van der Waals surface area contributed by atoms with Crippen molar-refractivity contribution < 1.29 is 9.90 Å². The maximum atomic E-state index is 11.7. The van der Waals surface area contributed by atoms with Gasteiger partial charge in [-0.25, -0.2) is 0 Å². The zero-order valence-electron chi connectivity index (χ0n) is 9.27. The van der Waals surface area contributed by atoms with Crippen LogP contribution in [0.15, 0.2) is 16.3 Å². The van der Waals surface area contributed by atoms with E-state index < -0.39 is 0 Å². The maximum Gasteiger partial charge on any atom is 0.261 e. The van der Waals surface area contributed by atoms with Crippen LogP contribution in [0.4, 0.5) is 0 Å². The number of hydrogen-bond acceptors (Lipinski definition) is 4. The second-order valence-electron chi connectivity index (χ2n) is 3.67. The summed E-state index contributed by atoms with van der Waals surface area (Å²) in [6, 6.07) is 1.76. The summed E-state index contributed by atoms with van der Waals surface area (Å²) in [6.07, 6.45) is 1.70. The molecule has 16 heavy (non-hydrogen) atoms. The molecule has 1 heterocycles. The molecule has 1 rings (SSSR count). The lowest BCUT2D eigenvalue weighted by Crippen LogP contribution is -2.28. The molecule has 0 saturated carbocycles. The highest BCUT2D eigenvalue weighted by Crippen LogP contribution is 2.17. The molecule has 0 bridgehead atoms. The number of rotatable bonds is 6. The van der Waals surface area contributed by atoms with Gasteiger partial charge in [0.2, 0.25) is 0 Å². The van der Waals surface area contributed by atoms with E-state index in [0.29, 0.717) is 17.3 Å². The number of amides is 1. The summed E-state index contributed by atoms with van der Waals surface area (Å²) >= 11 is 5.55. The molecule has 3 nitrogen and oxygen atoms in total. The van der Waals surface area contributed by atoms with Crippen LogP contribution in [0.5, 0.6) is 0 Å². The summed E-state index contributed by atoms with van der Waals surface area (Å²) in [5, 5.41) is 13.5. The molecule has 0 spiro atoms. The molecule has 0 fully saturated rings. The monoisotopic (exact) mass is 259 g/mol. The lowest BCUT2D eigenvalue weighted by Gasteiger charge is -2.13. The molecule has 90 valence electrons. The number of aliphatic hydroxyl groups excluding tert-OH is 1. The number of nitrogens with one attached hydrogen (secondary N) is 1. The smallest absolute Gasteiger partial charge is 0.261 e. The summed E-state index contributed by atoms with van der Waals surface area (Å²) in [5.74, 6) is 0.297. The highest BCUT2D eigenvalue weighted by molar-refractivity contribution is 7.80. The Hall–Kier alpha value is -0.520. The third kappa shape index (κ3) is 4.15. The van der Waals surface area contributed by atoms with Gasteiger partial charge in [0.15, 0.2) is 0 Å². The van der Waals surface area contributed by atoms with E-state index in [0.717, 1.165) is 17.7 Å². The minimum Gasteiger partial charge on any atom is -0.396 e. The quantitative estimate of drug-likeness (QED) is 0.686. The SMILES string of the molecule is CCC(CCO)CNC(=O)c1cc(S)cs1. The van der Waals surface area contributed by atoms with Crippen LogP contribution in [0.1, 0.15) is 29.4 Å². The molecule has 0 saturated heterocycles. The van der Waals surface area contributed by atoms with E-state index >= 15 is 0 Å². The Kier molecular flexibility index (Phi) is 5.87. The Morgan fingerprint density at radius 2 is 2.44 bits per heavy atom. The number of thiophene rings is 1. The number of hydrogen-bond donors (Lipinski definition) is 3. The van der Waals surface area contributed by atoms with E-state index in [-0.39, 0.29) is 12.5 Å². The summed E-state index contributed by atoms with van der Waals surface area (Å²) in [4.78, 5) is 13.2. The van der Waals surface area contributed by atoms with Crippen molar-refractivity contribution in [3.05, 3.63) is 16.3 Å². The van der Waals surface area contributed by atoms with Crippen LogP contribution >= 0.6 is 24.0 Å². The molecule has 0 aromatic carbocycles. The van der Waals surface area contributed by atoms with Crippen molar-refractivity contribution in [2.45, 2.75) is 24.7 Å². The molecular weight excluding hydrogens is 242 g/mol. The van der Waals surface area contributed by atoms with Gasteiger partial charge in [0.1, 0.15) is 0 Å². The maximum absolute atomic E-state index is 11.7. The minimum absolute atomic E-state index is 0.0540. The highest BCUT2D eigenvalue weighted by Gasteiger charge is 2.11. The first-order valence-corrected chi connectivity index (χ1v) is 6.66. The van der Waals surface area contributed by atoms with E-state index in [4.69, 9.17) is 5.11 Å². The van der Waals surface area contributed by atoms with Crippen molar-refractivity contribution in [3.8, 4) is 0 Å². The summed E-state index contributed by atoms with van der Waals surface area (Å²) in [6.45, 7) is 2.85. The van der Waals surface area contributed by atoms with Gasteiger partial charge in [-0.3, -0.25) is 4.79 Å².